The Morgan fingerprint density at radius 3 is 2.53 bits per heavy atom. The van der Waals surface area contributed by atoms with Crippen LogP contribution >= 0.6 is 0 Å². The van der Waals surface area contributed by atoms with Gasteiger partial charge < -0.3 is 15.3 Å². The third kappa shape index (κ3) is 4.24. The second-order valence-electron chi connectivity index (χ2n) is 5.31. The Morgan fingerprint density at radius 2 is 2.12 bits per heavy atom. The number of nitrogens with zero attached hydrogens (tertiary/aromatic N) is 1. The lowest BCUT2D eigenvalue weighted by Crippen LogP contribution is -2.47. The van der Waals surface area contributed by atoms with E-state index in [1.165, 1.54) is 0 Å². The van der Waals surface area contributed by atoms with Crippen LogP contribution < -0.4 is 5.32 Å². The molecule has 0 aromatic carbocycles. The predicted molar refractivity (Wildman–Crippen MR) is 64.8 cm³/mol. The molecule has 17 heavy (non-hydrogen) atoms. The minimum atomic E-state index is -0.959. The van der Waals surface area contributed by atoms with E-state index in [2.05, 4.69) is 12.2 Å². The molecule has 0 aromatic rings. The minimum Gasteiger partial charge on any atom is -0.480 e. The first kappa shape index (κ1) is 13.8. The summed E-state index contributed by atoms with van der Waals surface area (Å²) in [6.07, 6.45) is 1.46. The second-order valence-corrected chi connectivity index (χ2v) is 5.31. The van der Waals surface area contributed by atoms with E-state index in [1.807, 2.05) is 13.8 Å². The highest BCUT2D eigenvalue weighted by molar-refractivity contribution is 5.82. The van der Waals surface area contributed by atoms with Crippen molar-refractivity contribution in [3.63, 3.8) is 0 Å². The van der Waals surface area contributed by atoms with Crippen LogP contribution in [0.15, 0.2) is 0 Å². The van der Waals surface area contributed by atoms with Gasteiger partial charge in [0.1, 0.15) is 6.04 Å². The molecule has 1 unspecified atom stereocenters. The van der Waals surface area contributed by atoms with Crippen LogP contribution in [0.5, 0.6) is 0 Å². The molecular formula is C12H22N2O3. The molecule has 1 rings (SSSR count). The molecule has 2 N–H and O–H groups in total. The Bertz CT molecular complexity index is 291. The zero-order valence-electron chi connectivity index (χ0n) is 10.8. The van der Waals surface area contributed by atoms with E-state index in [9.17, 15) is 9.59 Å². The molecular weight excluding hydrogens is 220 g/mol. The van der Waals surface area contributed by atoms with Crippen molar-refractivity contribution < 1.29 is 14.7 Å². The maximum atomic E-state index is 11.8. The number of urea groups is 1. The van der Waals surface area contributed by atoms with Gasteiger partial charge in [-0.05, 0) is 24.7 Å². The van der Waals surface area contributed by atoms with Crippen molar-refractivity contribution in [1.29, 1.82) is 0 Å². The van der Waals surface area contributed by atoms with E-state index in [0.717, 1.165) is 19.5 Å². The third-order valence-electron chi connectivity index (χ3n) is 3.01. The topological polar surface area (TPSA) is 69.6 Å². The number of carboxylic acid groups (broad SMARTS) is 1. The molecule has 5 nitrogen and oxygen atoms in total. The zero-order valence-corrected chi connectivity index (χ0v) is 10.8. The van der Waals surface area contributed by atoms with Crippen LogP contribution in [0.4, 0.5) is 4.79 Å². The van der Waals surface area contributed by atoms with Crippen molar-refractivity contribution in [3.8, 4) is 0 Å². The quantitative estimate of drug-likeness (QED) is 0.785. The van der Waals surface area contributed by atoms with E-state index in [4.69, 9.17) is 5.11 Å². The number of hydrogen-bond donors (Lipinski definition) is 2. The van der Waals surface area contributed by atoms with Gasteiger partial charge in [-0.3, -0.25) is 0 Å². The molecule has 0 radical (unpaired) electrons. The minimum absolute atomic E-state index is 0.244. The normalized spacial score (nSPS) is 21.6. The van der Waals surface area contributed by atoms with Gasteiger partial charge in [0.15, 0.2) is 0 Å². The highest BCUT2D eigenvalue weighted by Gasteiger charge is 2.27. The number of amides is 2. The van der Waals surface area contributed by atoms with Crippen LogP contribution in [0.1, 0.15) is 33.6 Å². The summed E-state index contributed by atoms with van der Waals surface area (Å²) in [4.78, 5) is 24.6. The highest BCUT2D eigenvalue weighted by Crippen LogP contribution is 2.15. The molecule has 0 spiro atoms. The van der Waals surface area contributed by atoms with Crippen molar-refractivity contribution in [1.82, 2.24) is 10.2 Å². The van der Waals surface area contributed by atoms with Crippen LogP contribution in [0.2, 0.25) is 0 Å². The van der Waals surface area contributed by atoms with Crippen molar-refractivity contribution in [2.45, 2.75) is 39.7 Å². The summed E-state index contributed by atoms with van der Waals surface area (Å²) in [5.41, 5.74) is 0. The third-order valence-corrected chi connectivity index (χ3v) is 3.01. The maximum Gasteiger partial charge on any atom is 0.326 e. The van der Waals surface area contributed by atoms with Crippen LogP contribution in [-0.4, -0.2) is 41.1 Å². The zero-order chi connectivity index (χ0) is 13.0. The van der Waals surface area contributed by atoms with Crippen molar-refractivity contribution >= 4 is 12.0 Å². The van der Waals surface area contributed by atoms with Crippen LogP contribution in [-0.2, 0) is 4.79 Å². The molecule has 1 aliphatic rings. The van der Waals surface area contributed by atoms with Crippen molar-refractivity contribution in [2.24, 2.45) is 11.8 Å². The van der Waals surface area contributed by atoms with Crippen molar-refractivity contribution in [3.05, 3.63) is 0 Å². The fourth-order valence-corrected chi connectivity index (χ4v) is 2.05. The molecule has 0 bridgehead atoms. The largest absolute Gasteiger partial charge is 0.480 e. The monoisotopic (exact) mass is 242 g/mol. The highest BCUT2D eigenvalue weighted by atomic mass is 16.4. The lowest BCUT2D eigenvalue weighted by molar-refractivity contribution is -0.139. The molecule has 1 heterocycles. The van der Waals surface area contributed by atoms with Crippen LogP contribution in [0, 0.1) is 11.8 Å². The van der Waals surface area contributed by atoms with E-state index in [-0.39, 0.29) is 11.9 Å². The smallest absolute Gasteiger partial charge is 0.326 e. The number of carboxylic acids is 1. The Morgan fingerprint density at radius 1 is 1.47 bits per heavy atom. The molecule has 0 aliphatic carbocycles. The fourth-order valence-electron chi connectivity index (χ4n) is 2.05. The maximum absolute atomic E-state index is 11.8. The summed E-state index contributed by atoms with van der Waals surface area (Å²) < 4.78 is 0. The Balaban J connectivity index is 2.49. The van der Waals surface area contributed by atoms with Crippen LogP contribution in [0.25, 0.3) is 0 Å². The van der Waals surface area contributed by atoms with Gasteiger partial charge in [-0.15, -0.1) is 0 Å². The Hall–Kier alpha value is -1.26. The molecule has 5 heteroatoms. The molecule has 1 aliphatic heterocycles. The number of likely N-dealkylation sites (tertiary alicyclic amines) is 1. The molecule has 98 valence electrons. The SMILES string of the molecule is CC(C)C[C@@H](NC(=O)N1CCC(C)C1)C(=O)O. The average Bonchev–Trinajstić information content (AvgIpc) is 2.63. The summed E-state index contributed by atoms with van der Waals surface area (Å²) in [6, 6.07) is -1.03. The van der Waals surface area contributed by atoms with Gasteiger partial charge in [-0.2, -0.15) is 0 Å². The lowest BCUT2D eigenvalue weighted by Gasteiger charge is -2.21. The molecule has 0 saturated carbocycles. The standard InChI is InChI=1S/C12H22N2O3/c1-8(2)6-10(11(15)16)13-12(17)14-5-4-9(3)7-14/h8-10H,4-7H2,1-3H3,(H,13,17)(H,15,16)/t9?,10-/m1/s1. The molecule has 1 fully saturated rings. The summed E-state index contributed by atoms with van der Waals surface area (Å²) in [6.45, 7) is 7.43. The number of carbonyl (C=O) groups excluding carboxylic acids is 1. The summed E-state index contributed by atoms with van der Waals surface area (Å²) in [7, 11) is 0. The van der Waals surface area contributed by atoms with E-state index in [1.54, 1.807) is 4.90 Å². The molecule has 0 aromatic heterocycles. The number of nitrogens with one attached hydrogen (secondary N) is 1. The van der Waals surface area contributed by atoms with Crippen LogP contribution in [0.3, 0.4) is 0 Å². The predicted octanol–water partition coefficient (Wildman–Crippen LogP) is 1.54. The number of carbonyl (C=O) groups is 2. The first-order valence-electron chi connectivity index (χ1n) is 6.18. The van der Waals surface area contributed by atoms with E-state index >= 15 is 0 Å². The van der Waals surface area contributed by atoms with Gasteiger partial charge in [-0.1, -0.05) is 20.8 Å². The molecule has 2 amide bonds. The number of hydrogen-bond acceptors (Lipinski definition) is 2. The second kappa shape index (κ2) is 5.89. The first-order chi connectivity index (χ1) is 7.90. The average molecular weight is 242 g/mol. The van der Waals surface area contributed by atoms with Gasteiger partial charge in [0, 0.05) is 13.1 Å². The van der Waals surface area contributed by atoms with Gasteiger partial charge in [-0.25, -0.2) is 9.59 Å². The van der Waals surface area contributed by atoms with Gasteiger partial charge in [0.25, 0.3) is 0 Å². The molecule has 1 saturated heterocycles. The van der Waals surface area contributed by atoms with E-state index < -0.39 is 12.0 Å². The first-order valence-corrected chi connectivity index (χ1v) is 6.18. The van der Waals surface area contributed by atoms with E-state index in [0.29, 0.717) is 12.3 Å². The Kier molecular flexibility index (Phi) is 4.78. The van der Waals surface area contributed by atoms with Gasteiger partial charge in [0.05, 0.1) is 0 Å². The van der Waals surface area contributed by atoms with Gasteiger partial charge in [0.2, 0.25) is 0 Å². The Labute approximate surface area is 102 Å². The summed E-state index contributed by atoms with van der Waals surface area (Å²) in [5.74, 6) is -0.206. The lowest BCUT2D eigenvalue weighted by atomic mass is 10.0. The summed E-state index contributed by atoms with van der Waals surface area (Å²) in [5, 5.41) is 11.6. The number of aliphatic carboxylic acids is 1. The molecule has 2 atom stereocenters. The van der Waals surface area contributed by atoms with Gasteiger partial charge >= 0.3 is 12.0 Å². The van der Waals surface area contributed by atoms with Crippen molar-refractivity contribution in [2.75, 3.05) is 13.1 Å². The number of rotatable bonds is 4. The summed E-state index contributed by atoms with van der Waals surface area (Å²) >= 11 is 0. The fraction of sp³-hybridized carbons (Fsp3) is 0.833.